The monoisotopic (exact) mass is 261 g/mol. The minimum absolute atomic E-state index is 0.000503. The molecule has 0 atom stereocenters. The number of nitrogens with zero attached hydrogens (tertiary/aromatic N) is 3. The highest BCUT2D eigenvalue weighted by molar-refractivity contribution is 5.66. The summed E-state index contributed by atoms with van der Waals surface area (Å²) in [6.45, 7) is 2.86. The average Bonchev–Trinajstić information content (AvgIpc) is 2.38. The molecule has 1 heterocycles. The van der Waals surface area contributed by atoms with Crippen molar-refractivity contribution in [2.24, 2.45) is 0 Å². The summed E-state index contributed by atoms with van der Waals surface area (Å²) in [5.41, 5.74) is 0.149. The minimum Gasteiger partial charge on any atom is -0.390 e. The van der Waals surface area contributed by atoms with E-state index in [0.717, 1.165) is 0 Å². The topological polar surface area (TPSA) is 90.4 Å². The van der Waals surface area contributed by atoms with Gasteiger partial charge in [-0.05, 0) is 31.9 Å². The van der Waals surface area contributed by atoms with Crippen molar-refractivity contribution in [3.8, 4) is 6.07 Å². The number of nitro benzene ring substituents is 1. The van der Waals surface area contributed by atoms with E-state index in [9.17, 15) is 15.2 Å². The van der Waals surface area contributed by atoms with Crippen molar-refractivity contribution < 1.29 is 10.0 Å². The molecular formula is C13H15N3O3. The van der Waals surface area contributed by atoms with Gasteiger partial charge in [-0.25, -0.2) is 0 Å². The fourth-order valence-electron chi connectivity index (χ4n) is 2.23. The number of rotatable bonds is 2. The van der Waals surface area contributed by atoms with Crippen molar-refractivity contribution >= 4 is 11.4 Å². The molecule has 0 unspecified atom stereocenters. The summed E-state index contributed by atoms with van der Waals surface area (Å²) in [5, 5.41) is 29.8. The molecule has 1 aromatic carbocycles. The molecule has 1 saturated heterocycles. The maximum atomic E-state index is 11.0. The number of nitro groups is 1. The van der Waals surface area contributed by atoms with Crippen LogP contribution in [0.15, 0.2) is 18.2 Å². The van der Waals surface area contributed by atoms with E-state index >= 15 is 0 Å². The van der Waals surface area contributed by atoms with Gasteiger partial charge in [0.25, 0.3) is 5.69 Å². The van der Waals surface area contributed by atoms with Gasteiger partial charge in [0.15, 0.2) is 0 Å². The molecule has 19 heavy (non-hydrogen) atoms. The van der Waals surface area contributed by atoms with E-state index in [2.05, 4.69) is 0 Å². The third kappa shape index (κ3) is 2.83. The molecule has 1 N–H and O–H groups in total. The Labute approximate surface area is 111 Å². The van der Waals surface area contributed by atoms with Crippen LogP contribution in [-0.4, -0.2) is 28.7 Å². The highest BCUT2D eigenvalue weighted by Gasteiger charge is 2.30. The number of hydrogen-bond acceptors (Lipinski definition) is 5. The lowest BCUT2D eigenvalue weighted by Gasteiger charge is -2.36. The fraction of sp³-hybridized carbons (Fsp3) is 0.462. The molecule has 0 spiro atoms. The standard InChI is InChI=1S/C13H15N3O3/c1-13(17)4-6-15(7-5-13)12-8-10(9-14)2-3-11(12)16(18)19/h2-3,8,17H,4-7H2,1H3. The smallest absolute Gasteiger partial charge is 0.292 e. The Hall–Kier alpha value is -2.13. The Morgan fingerprint density at radius 3 is 2.63 bits per heavy atom. The van der Waals surface area contributed by atoms with Crippen LogP contribution in [0.3, 0.4) is 0 Å². The largest absolute Gasteiger partial charge is 0.390 e. The molecular weight excluding hydrogens is 246 g/mol. The van der Waals surface area contributed by atoms with Gasteiger partial charge in [0.2, 0.25) is 0 Å². The van der Waals surface area contributed by atoms with E-state index in [-0.39, 0.29) is 5.69 Å². The van der Waals surface area contributed by atoms with Gasteiger partial charge in [0.1, 0.15) is 5.69 Å². The van der Waals surface area contributed by atoms with Gasteiger partial charge in [0, 0.05) is 19.2 Å². The van der Waals surface area contributed by atoms with E-state index in [1.807, 2.05) is 11.0 Å². The zero-order valence-electron chi connectivity index (χ0n) is 10.7. The average molecular weight is 261 g/mol. The molecule has 2 rings (SSSR count). The number of piperidine rings is 1. The molecule has 1 aromatic rings. The number of nitriles is 1. The Balaban J connectivity index is 2.33. The maximum absolute atomic E-state index is 11.0. The van der Waals surface area contributed by atoms with Crippen LogP contribution in [0.1, 0.15) is 25.3 Å². The summed E-state index contributed by atoms with van der Waals surface area (Å²) in [4.78, 5) is 12.5. The zero-order valence-corrected chi connectivity index (χ0v) is 10.7. The van der Waals surface area contributed by atoms with Crippen LogP contribution >= 0.6 is 0 Å². The van der Waals surface area contributed by atoms with Crippen molar-refractivity contribution in [1.29, 1.82) is 5.26 Å². The van der Waals surface area contributed by atoms with E-state index in [4.69, 9.17) is 5.26 Å². The second-order valence-electron chi connectivity index (χ2n) is 5.06. The van der Waals surface area contributed by atoms with Gasteiger partial charge in [0.05, 0.1) is 22.2 Å². The highest BCUT2D eigenvalue weighted by atomic mass is 16.6. The Morgan fingerprint density at radius 1 is 1.47 bits per heavy atom. The third-order valence-corrected chi connectivity index (χ3v) is 3.48. The van der Waals surface area contributed by atoms with Gasteiger partial charge in [-0.2, -0.15) is 5.26 Å². The molecule has 0 bridgehead atoms. The van der Waals surface area contributed by atoms with Gasteiger partial charge < -0.3 is 10.0 Å². The maximum Gasteiger partial charge on any atom is 0.292 e. The summed E-state index contributed by atoms with van der Waals surface area (Å²) in [5.74, 6) is 0. The lowest BCUT2D eigenvalue weighted by Crippen LogP contribution is -2.42. The first-order valence-corrected chi connectivity index (χ1v) is 6.09. The van der Waals surface area contributed by atoms with Crippen molar-refractivity contribution in [3.63, 3.8) is 0 Å². The van der Waals surface area contributed by atoms with Crippen molar-refractivity contribution in [2.45, 2.75) is 25.4 Å². The predicted octanol–water partition coefficient (Wildman–Crippen LogP) is 1.82. The molecule has 1 aliphatic heterocycles. The Bertz CT molecular complexity index is 539. The molecule has 100 valence electrons. The number of benzene rings is 1. The predicted molar refractivity (Wildman–Crippen MR) is 69.9 cm³/mol. The van der Waals surface area contributed by atoms with Gasteiger partial charge in [-0.1, -0.05) is 0 Å². The minimum atomic E-state index is -0.710. The summed E-state index contributed by atoms with van der Waals surface area (Å²) in [6, 6.07) is 6.34. The SMILES string of the molecule is CC1(O)CCN(c2cc(C#N)ccc2[N+](=O)[O-])CC1. The second kappa shape index (κ2) is 4.86. The van der Waals surface area contributed by atoms with Crippen LogP contribution < -0.4 is 4.90 Å². The summed E-state index contributed by atoms with van der Waals surface area (Å²) >= 11 is 0. The summed E-state index contributed by atoms with van der Waals surface area (Å²) < 4.78 is 0. The molecule has 0 radical (unpaired) electrons. The highest BCUT2D eigenvalue weighted by Crippen LogP contribution is 2.33. The third-order valence-electron chi connectivity index (χ3n) is 3.48. The first-order valence-electron chi connectivity index (χ1n) is 6.09. The Kier molecular flexibility index (Phi) is 3.40. The molecule has 6 heteroatoms. The lowest BCUT2D eigenvalue weighted by molar-refractivity contribution is -0.384. The number of hydrogen-bond donors (Lipinski definition) is 1. The molecule has 6 nitrogen and oxygen atoms in total. The quantitative estimate of drug-likeness (QED) is 0.647. The second-order valence-corrected chi connectivity index (χ2v) is 5.06. The van der Waals surface area contributed by atoms with Crippen LogP contribution in [0.4, 0.5) is 11.4 Å². The summed E-state index contributed by atoms with van der Waals surface area (Å²) in [6.07, 6.45) is 1.11. The zero-order chi connectivity index (χ0) is 14.0. The fourth-order valence-corrected chi connectivity index (χ4v) is 2.23. The van der Waals surface area contributed by atoms with Crippen LogP contribution in [0.5, 0.6) is 0 Å². The summed E-state index contributed by atoms with van der Waals surface area (Å²) in [7, 11) is 0. The van der Waals surface area contributed by atoms with Crippen LogP contribution in [0, 0.1) is 21.4 Å². The van der Waals surface area contributed by atoms with Gasteiger partial charge >= 0.3 is 0 Å². The normalized spacial score (nSPS) is 17.8. The van der Waals surface area contributed by atoms with E-state index in [0.29, 0.717) is 37.2 Å². The molecule has 0 aliphatic carbocycles. The van der Waals surface area contributed by atoms with Gasteiger partial charge in [-0.15, -0.1) is 0 Å². The molecule has 1 fully saturated rings. The van der Waals surface area contributed by atoms with Crippen molar-refractivity contribution in [3.05, 3.63) is 33.9 Å². The number of aliphatic hydroxyl groups is 1. The van der Waals surface area contributed by atoms with Crippen molar-refractivity contribution in [2.75, 3.05) is 18.0 Å². The molecule has 0 amide bonds. The van der Waals surface area contributed by atoms with Crippen LogP contribution in [0.2, 0.25) is 0 Å². The molecule has 0 saturated carbocycles. The van der Waals surface area contributed by atoms with Gasteiger partial charge in [-0.3, -0.25) is 10.1 Å². The van der Waals surface area contributed by atoms with Crippen molar-refractivity contribution in [1.82, 2.24) is 0 Å². The first kappa shape index (κ1) is 13.3. The number of anilines is 1. The Morgan fingerprint density at radius 2 is 2.11 bits per heavy atom. The van der Waals surface area contributed by atoms with E-state index in [1.54, 1.807) is 6.92 Å². The van der Waals surface area contributed by atoms with E-state index in [1.165, 1.54) is 18.2 Å². The first-order chi connectivity index (χ1) is 8.93. The van der Waals surface area contributed by atoms with Crippen LogP contribution in [-0.2, 0) is 0 Å². The van der Waals surface area contributed by atoms with E-state index < -0.39 is 10.5 Å². The van der Waals surface area contributed by atoms with Crippen LogP contribution in [0.25, 0.3) is 0 Å². The lowest BCUT2D eigenvalue weighted by atomic mass is 9.93. The molecule has 0 aromatic heterocycles. The molecule has 1 aliphatic rings.